The van der Waals surface area contributed by atoms with Gasteiger partial charge in [0.15, 0.2) is 0 Å². The van der Waals surface area contributed by atoms with E-state index in [1.54, 1.807) is 24.1 Å². The van der Waals surface area contributed by atoms with Gasteiger partial charge in [-0.05, 0) is 63.9 Å². The molecule has 8 nitrogen and oxygen atoms in total. The van der Waals surface area contributed by atoms with E-state index in [9.17, 15) is 14.4 Å². The molecule has 2 fully saturated rings. The highest BCUT2D eigenvalue weighted by Gasteiger charge is 2.76. The number of fused-ring (bicyclic) bond motifs is 1. The molecule has 2 aromatic carbocycles. The lowest BCUT2D eigenvalue weighted by molar-refractivity contribution is -0.144. The van der Waals surface area contributed by atoms with Crippen LogP contribution in [0.2, 0.25) is 0 Å². The number of nitrogens with zero attached hydrogens (tertiary/aromatic N) is 1. The Balaban J connectivity index is 1.48. The van der Waals surface area contributed by atoms with E-state index in [-0.39, 0.29) is 17.7 Å². The number of para-hydroxylation sites is 1. The number of hydrogen-bond donors (Lipinski definition) is 2. The number of methoxy groups -OCH3 is 1. The number of anilines is 1. The quantitative estimate of drug-likeness (QED) is 0.550. The Morgan fingerprint density at radius 3 is 2.34 bits per heavy atom. The van der Waals surface area contributed by atoms with Crippen molar-refractivity contribution < 1.29 is 23.9 Å². The van der Waals surface area contributed by atoms with E-state index in [1.807, 2.05) is 82.3 Å². The number of benzene rings is 2. The van der Waals surface area contributed by atoms with Gasteiger partial charge in [0, 0.05) is 17.8 Å². The Morgan fingerprint density at radius 1 is 1.03 bits per heavy atom. The Kier molecular flexibility index (Phi) is 6.34. The van der Waals surface area contributed by atoms with E-state index in [1.165, 1.54) is 0 Å². The number of nitrogens with one attached hydrogen (secondary N) is 2. The number of amides is 3. The minimum absolute atomic E-state index is 0.242. The van der Waals surface area contributed by atoms with Crippen molar-refractivity contribution in [3.05, 3.63) is 72.3 Å². The first-order valence-corrected chi connectivity index (χ1v) is 13.0. The van der Waals surface area contributed by atoms with E-state index in [2.05, 4.69) is 10.6 Å². The summed E-state index contributed by atoms with van der Waals surface area (Å²) in [7, 11) is 1.61. The SMILES string of the molecule is COc1ccc(CCN2C(=O)[C@@H]3[C@@H](C(=O)Nc4ccccc4)[C@@]4(C)C=C[C@@]3(O4)[C@H]2C(=O)NC(C)(C)C)cc1. The highest BCUT2D eigenvalue weighted by atomic mass is 16.5. The van der Waals surface area contributed by atoms with E-state index in [0.717, 1.165) is 11.3 Å². The molecule has 3 aliphatic rings. The third kappa shape index (κ3) is 4.36. The molecule has 5 atom stereocenters. The van der Waals surface area contributed by atoms with Crippen LogP contribution in [-0.2, 0) is 25.5 Å². The van der Waals surface area contributed by atoms with Crippen LogP contribution in [0.1, 0.15) is 33.3 Å². The Bertz CT molecular complexity index is 1270. The second-order valence-electron chi connectivity index (χ2n) is 11.6. The monoisotopic (exact) mass is 517 g/mol. The average molecular weight is 518 g/mol. The van der Waals surface area contributed by atoms with Crippen molar-refractivity contribution >= 4 is 23.4 Å². The maximum atomic E-state index is 14.1. The summed E-state index contributed by atoms with van der Waals surface area (Å²) in [6, 6.07) is 15.9. The van der Waals surface area contributed by atoms with Crippen LogP contribution in [0.4, 0.5) is 5.69 Å². The molecule has 1 spiro atoms. The lowest BCUT2D eigenvalue weighted by Gasteiger charge is -2.35. The predicted molar refractivity (Wildman–Crippen MR) is 144 cm³/mol. The van der Waals surface area contributed by atoms with Gasteiger partial charge in [0.25, 0.3) is 0 Å². The smallest absolute Gasteiger partial charge is 0.246 e. The van der Waals surface area contributed by atoms with Crippen molar-refractivity contribution in [3.8, 4) is 5.75 Å². The molecule has 3 aliphatic heterocycles. The number of ether oxygens (including phenoxy) is 2. The van der Waals surface area contributed by atoms with Crippen LogP contribution in [0, 0.1) is 11.8 Å². The summed E-state index contributed by atoms with van der Waals surface area (Å²) in [5.74, 6) is -1.67. The van der Waals surface area contributed by atoms with Crippen molar-refractivity contribution in [1.29, 1.82) is 0 Å². The number of carbonyl (C=O) groups excluding carboxylic acids is 3. The second kappa shape index (κ2) is 9.27. The molecule has 38 heavy (non-hydrogen) atoms. The molecule has 2 saturated heterocycles. The van der Waals surface area contributed by atoms with Gasteiger partial charge >= 0.3 is 0 Å². The van der Waals surface area contributed by atoms with Gasteiger partial charge in [-0.3, -0.25) is 14.4 Å². The van der Waals surface area contributed by atoms with Gasteiger partial charge in [0.2, 0.25) is 17.7 Å². The Hall–Kier alpha value is -3.65. The first kappa shape index (κ1) is 26.0. The fraction of sp³-hybridized carbons (Fsp3) is 0.433. The van der Waals surface area contributed by atoms with Crippen LogP contribution >= 0.6 is 0 Å². The Labute approximate surface area is 223 Å². The number of likely N-dealkylation sites (tertiary alicyclic amines) is 1. The van der Waals surface area contributed by atoms with Crippen LogP contribution in [-0.4, -0.2) is 59.1 Å². The Morgan fingerprint density at radius 2 is 1.71 bits per heavy atom. The maximum Gasteiger partial charge on any atom is 0.246 e. The van der Waals surface area contributed by atoms with Crippen molar-refractivity contribution in [3.63, 3.8) is 0 Å². The predicted octanol–water partition coefficient (Wildman–Crippen LogP) is 3.33. The van der Waals surface area contributed by atoms with E-state index in [0.29, 0.717) is 18.7 Å². The molecular formula is C30H35N3O5. The summed E-state index contributed by atoms with van der Waals surface area (Å²) in [6.45, 7) is 7.84. The van der Waals surface area contributed by atoms with Gasteiger partial charge in [-0.25, -0.2) is 0 Å². The van der Waals surface area contributed by atoms with E-state index < -0.39 is 34.6 Å². The number of hydrogen-bond acceptors (Lipinski definition) is 5. The molecule has 0 saturated carbocycles. The lowest BCUT2D eigenvalue weighted by atomic mass is 9.70. The minimum atomic E-state index is -1.22. The van der Waals surface area contributed by atoms with Gasteiger partial charge in [0.1, 0.15) is 17.4 Å². The lowest BCUT2D eigenvalue weighted by Crippen LogP contribution is -2.58. The van der Waals surface area contributed by atoms with Crippen LogP contribution in [0.3, 0.4) is 0 Å². The van der Waals surface area contributed by atoms with Crippen LogP contribution in [0.25, 0.3) is 0 Å². The largest absolute Gasteiger partial charge is 0.497 e. The minimum Gasteiger partial charge on any atom is -0.497 e. The fourth-order valence-corrected chi connectivity index (χ4v) is 6.09. The normalized spacial score (nSPS) is 29.3. The summed E-state index contributed by atoms with van der Waals surface area (Å²) in [5.41, 5.74) is -1.08. The summed E-state index contributed by atoms with van der Waals surface area (Å²) >= 11 is 0. The number of rotatable bonds is 7. The topological polar surface area (TPSA) is 97.0 Å². The van der Waals surface area contributed by atoms with Crippen LogP contribution in [0.5, 0.6) is 5.75 Å². The summed E-state index contributed by atoms with van der Waals surface area (Å²) < 4.78 is 11.8. The first-order valence-electron chi connectivity index (χ1n) is 13.0. The van der Waals surface area contributed by atoms with Gasteiger partial charge in [-0.15, -0.1) is 0 Å². The zero-order chi connectivity index (χ0) is 27.3. The molecule has 2 aromatic rings. The van der Waals surface area contributed by atoms with E-state index >= 15 is 0 Å². The molecule has 0 aliphatic carbocycles. The zero-order valence-electron chi connectivity index (χ0n) is 22.5. The van der Waals surface area contributed by atoms with E-state index in [4.69, 9.17) is 9.47 Å². The molecule has 2 N–H and O–H groups in total. The molecule has 8 heteroatoms. The molecule has 0 unspecified atom stereocenters. The molecule has 200 valence electrons. The number of carbonyl (C=O) groups is 3. The van der Waals surface area contributed by atoms with Gasteiger partial charge < -0.3 is 25.0 Å². The standard InChI is InChI=1S/C30H35N3O5/c1-28(2,3)32-26(35)24-30-17-16-29(4,38-30)22(25(34)31-20-9-7-6-8-10-20)23(30)27(36)33(24)18-15-19-11-13-21(37-5)14-12-19/h6-14,16-17,22-24H,15,18H2,1-5H3,(H,31,34)(H,32,35)/t22-,23-,24+,29+,30-/m0/s1. The maximum absolute atomic E-state index is 14.1. The van der Waals surface area contributed by atoms with Gasteiger partial charge in [-0.1, -0.05) is 42.5 Å². The molecule has 0 aromatic heterocycles. The fourth-order valence-electron chi connectivity index (χ4n) is 6.09. The van der Waals surface area contributed by atoms with Gasteiger partial charge in [0.05, 0.1) is 24.5 Å². The highest BCUT2D eigenvalue weighted by Crippen LogP contribution is 2.59. The molecular weight excluding hydrogens is 482 g/mol. The van der Waals surface area contributed by atoms with Crippen molar-refractivity contribution in [2.24, 2.45) is 11.8 Å². The van der Waals surface area contributed by atoms with Crippen molar-refractivity contribution in [2.45, 2.75) is 56.9 Å². The van der Waals surface area contributed by atoms with Gasteiger partial charge in [-0.2, -0.15) is 0 Å². The third-order valence-corrected chi connectivity index (χ3v) is 7.67. The average Bonchev–Trinajstić information content (AvgIpc) is 3.43. The first-order chi connectivity index (χ1) is 18.0. The molecule has 3 heterocycles. The second-order valence-corrected chi connectivity index (χ2v) is 11.6. The molecule has 2 bridgehead atoms. The molecule has 5 rings (SSSR count). The van der Waals surface area contributed by atoms with Crippen LogP contribution < -0.4 is 15.4 Å². The van der Waals surface area contributed by atoms with Crippen molar-refractivity contribution in [2.75, 3.05) is 19.0 Å². The molecule has 3 amide bonds. The molecule has 0 radical (unpaired) electrons. The zero-order valence-corrected chi connectivity index (χ0v) is 22.5. The summed E-state index contributed by atoms with van der Waals surface area (Å²) in [5, 5.41) is 6.00. The summed E-state index contributed by atoms with van der Waals surface area (Å²) in [6.07, 6.45) is 4.22. The summed E-state index contributed by atoms with van der Waals surface area (Å²) in [4.78, 5) is 43.1. The highest BCUT2D eigenvalue weighted by molar-refractivity contribution is 6.03. The van der Waals surface area contributed by atoms with Crippen LogP contribution in [0.15, 0.2) is 66.7 Å². The van der Waals surface area contributed by atoms with Crippen molar-refractivity contribution in [1.82, 2.24) is 10.2 Å². The third-order valence-electron chi connectivity index (χ3n) is 7.67.